The zero-order chi connectivity index (χ0) is 38.2. The van der Waals surface area contributed by atoms with Crippen LogP contribution in [0, 0.1) is 12.5 Å². The lowest BCUT2D eigenvalue weighted by atomic mass is 9.79. The van der Waals surface area contributed by atoms with Crippen LogP contribution in [0.15, 0.2) is 91.0 Å². The van der Waals surface area contributed by atoms with Crippen molar-refractivity contribution in [2.45, 2.75) is 89.3 Å². The van der Waals surface area contributed by atoms with E-state index in [9.17, 15) is 0 Å². The van der Waals surface area contributed by atoms with Gasteiger partial charge in [-0.3, -0.25) is 0 Å². The second-order valence-electron chi connectivity index (χ2n) is 13.7. The molecule has 53 heavy (non-hydrogen) atoms. The van der Waals surface area contributed by atoms with Crippen LogP contribution in [0.5, 0.6) is 11.5 Å². The van der Waals surface area contributed by atoms with E-state index in [-0.39, 0.29) is 37.8 Å². The van der Waals surface area contributed by atoms with E-state index in [0.29, 0.717) is 13.0 Å². The van der Waals surface area contributed by atoms with E-state index in [2.05, 4.69) is 61.5 Å². The van der Waals surface area contributed by atoms with Crippen molar-refractivity contribution < 1.29 is 28.0 Å². The maximum absolute atomic E-state index is 7.36. The molecule has 5 atom stereocenters. The molecule has 4 rings (SSSR count). The zero-order valence-corrected chi connectivity index (χ0v) is 33.1. The summed E-state index contributed by atoms with van der Waals surface area (Å²) in [7, 11) is 8.57. The standard InChI is InChI=1S/C42H57BN3O6P/c1-31(2)46(32(3)4)53(50-29-28-45-5)52-40-38(18-14-9-8-10-15-27-44)41(43)51-39(40)30-49-42(33-16-12-11-13-17-33,34-19-23-36(47-6)24-20-34)35-21-25-37(48-7)26-22-35/h9,11-14,16-17,19-26,31-32,38-41H,8,10,15,18,27-30,44H2,1-4,6-7H3/b14-9+/t38-,39+,40?,41+,53?/m0/s1. The molecule has 2 unspecified atom stereocenters. The number of nitrogens with two attached hydrogens (primary N) is 1. The van der Waals surface area contributed by atoms with Crippen molar-refractivity contribution >= 4 is 16.4 Å². The number of ether oxygens (including phenoxy) is 4. The molecule has 3 aromatic rings. The Hall–Kier alpha value is -3.26. The predicted molar refractivity (Wildman–Crippen MR) is 214 cm³/mol. The summed E-state index contributed by atoms with van der Waals surface area (Å²) >= 11 is 0. The minimum atomic E-state index is -1.57. The maximum atomic E-state index is 7.36. The first-order valence-corrected chi connectivity index (χ1v) is 19.8. The summed E-state index contributed by atoms with van der Waals surface area (Å²) in [5.74, 6) is 1.32. The first-order chi connectivity index (χ1) is 25.7. The molecule has 1 fully saturated rings. The van der Waals surface area contributed by atoms with Crippen LogP contribution < -0.4 is 15.2 Å². The Balaban J connectivity index is 1.78. The first-order valence-electron chi connectivity index (χ1n) is 18.7. The fraction of sp³-hybridized carbons (Fsp3) is 0.500. The van der Waals surface area contributed by atoms with Crippen molar-refractivity contribution in [3.05, 3.63) is 119 Å². The minimum absolute atomic E-state index is 0.136. The van der Waals surface area contributed by atoms with E-state index in [1.54, 1.807) is 14.2 Å². The Bertz CT molecular complexity index is 1500. The van der Waals surface area contributed by atoms with E-state index < -0.39 is 32.3 Å². The van der Waals surface area contributed by atoms with Gasteiger partial charge in [0.05, 0.1) is 26.9 Å². The maximum Gasteiger partial charge on any atom is 0.259 e. The molecule has 0 saturated carbocycles. The van der Waals surface area contributed by atoms with Gasteiger partial charge in [0.2, 0.25) is 6.54 Å². The largest absolute Gasteiger partial charge is 0.497 e. The van der Waals surface area contributed by atoms with Crippen LogP contribution in [-0.4, -0.2) is 83.3 Å². The van der Waals surface area contributed by atoms with Gasteiger partial charge in [0.25, 0.3) is 8.53 Å². The van der Waals surface area contributed by atoms with E-state index >= 15 is 0 Å². The molecule has 0 spiro atoms. The molecule has 0 aliphatic carbocycles. The SMILES string of the molecule is [B][C@@H]1O[C@H](COC(c2ccccc2)(c2ccc(OC)cc2)c2ccc(OC)cc2)C(OP(OCC[N+]#[C-])N(C(C)C)C(C)C)[C@@H]1C/C=C/CCCCN. The molecular formula is C42H57BN3O6P. The molecule has 1 aliphatic heterocycles. The highest BCUT2D eigenvalue weighted by Crippen LogP contribution is 2.51. The number of hydrogen-bond acceptors (Lipinski definition) is 8. The third-order valence-electron chi connectivity index (χ3n) is 9.44. The quantitative estimate of drug-likeness (QED) is 0.0275. The van der Waals surface area contributed by atoms with Crippen molar-refractivity contribution in [3.8, 4) is 11.5 Å². The Morgan fingerprint density at radius 2 is 1.47 bits per heavy atom. The normalized spacial score (nSPS) is 19.6. The van der Waals surface area contributed by atoms with Gasteiger partial charge < -0.3 is 38.6 Å². The Kier molecular flexibility index (Phi) is 17.3. The summed E-state index contributed by atoms with van der Waals surface area (Å²) in [6.45, 7) is 17.3. The van der Waals surface area contributed by atoms with Crippen LogP contribution in [0.3, 0.4) is 0 Å². The highest BCUT2D eigenvalue weighted by molar-refractivity contribution is 7.44. The van der Waals surface area contributed by atoms with Crippen LogP contribution in [0.2, 0.25) is 0 Å². The van der Waals surface area contributed by atoms with Gasteiger partial charge in [-0.25, -0.2) is 11.2 Å². The summed E-state index contributed by atoms with van der Waals surface area (Å²) in [4.78, 5) is 3.53. The van der Waals surface area contributed by atoms with Crippen molar-refractivity contribution in [2.24, 2.45) is 11.7 Å². The number of nitrogens with zero attached hydrogens (tertiary/aromatic N) is 2. The average Bonchev–Trinajstić information content (AvgIpc) is 3.46. The number of allylic oxidation sites excluding steroid dienone is 2. The Morgan fingerprint density at radius 1 is 0.887 bits per heavy atom. The highest BCUT2D eigenvalue weighted by atomic mass is 31.2. The third-order valence-corrected chi connectivity index (χ3v) is 11.6. The Morgan fingerprint density at radius 3 is 2.00 bits per heavy atom. The molecule has 0 aromatic heterocycles. The molecule has 1 saturated heterocycles. The number of unbranched alkanes of at least 4 members (excludes halogenated alkanes) is 2. The van der Waals surface area contributed by atoms with Crippen LogP contribution in [0.25, 0.3) is 4.85 Å². The van der Waals surface area contributed by atoms with E-state index in [1.807, 2.05) is 66.7 Å². The summed E-state index contributed by atoms with van der Waals surface area (Å²) in [5.41, 5.74) is 7.46. The number of benzene rings is 3. The van der Waals surface area contributed by atoms with E-state index in [1.165, 1.54) is 0 Å². The van der Waals surface area contributed by atoms with E-state index in [4.69, 9.17) is 48.1 Å². The molecule has 2 radical (unpaired) electrons. The molecule has 0 amide bonds. The molecule has 284 valence electrons. The average molecular weight is 742 g/mol. The van der Waals surface area contributed by atoms with E-state index in [0.717, 1.165) is 47.5 Å². The van der Waals surface area contributed by atoms with Crippen molar-refractivity contribution in [1.82, 2.24) is 4.67 Å². The lowest BCUT2D eigenvalue weighted by Gasteiger charge is -2.39. The predicted octanol–water partition coefficient (Wildman–Crippen LogP) is 8.26. The fourth-order valence-electron chi connectivity index (χ4n) is 6.84. The molecule has 1 aliphatic rings. The van der Waals surface area contributed by atoms with Gasteiger partial charge >= 0.3 is 0 Å². The van der Waals surface area contributed by atoms with Crippen molar-refractivity contribution in [3.63, 3.8) is 0 Å². The summed E-state index contributed by atoms with van der Waals surface area (Å²) < 4.78 is 40.7. The van der Waals surface area contributed by atoms with Crippen LogP contribution >= 0.6 is 8.53 Å². The topological polar surface area (TPSA) is 89.0 Å². The van der Waals surface area contributed by atoms with Gasteiger partial charge in [0.1, 0.15) is 37.7 Å². The second kappa shape index (κ2) is 21.6. The van der Waals surface area contributed by atoms with Gasteiger partial charge in [-0.2, -0.15) is 0 Å². The second-order valence-corrected chi connectivity index (χ2v) is 15.1. The lowest BCUT2D eigenvalue weighted by Crippen LogP contribution is -2.41. The number of methoxy groups -OCH3 is 2. The fourth-order valence-corrected chi connectivity index (χ4v) is 8.64. The van der Waals surface area contributed by atoms with Crippen molar-refractivity contribution in [2.75, 3.05) is 40.5 Å². The number of hydrogen-bond donors (Lipinski definition) is 1. The first kappa shape index (κ1) is 42.5. The smallest absolute Gasteiger partial charge is 0.259 e. The van der Waals surface area contributed by atoms with Gasteiger partial charge in [-0.05, 0) is 101 Å². The molecular weight excluding hydrogens is 684 g/mol. The monoisotopic (exact) mass is 741 g/mol. The summed E-state index contributed by atoms with van der Waals surface area (Å²) in [5, 5.41) is 0. The highest BCUT2D eigenvalue weighted by Gasteiger charge is 2.47. The molecule has 2 N–H and O–H groups in total. The number of rotatable bonds is 22. The van der Waals surface area contributed by atoms with Gasteiger partial charge in [-0.1, -0.05) is 66.7 Å². The summed E-state index contributed by atoms with van der Waals surface area (Å²) in [6.07, 6.45) is 7.02. The van der Waals surface area contributed by atoms with Gasteiger partial charge in [0.15, 0.2) is 0 Å². The van der Waals surface area contributed by atoms with Crippen LogP contribution in [0.4, 0.5) is 0 Å². The molecule has 9 nitrogen and oxygen atoms in total. The van der Waals surface area contributed by atoms with Gasteiger partial charge in [0, 0.05) is 24.0 Å². The molecule has 3 aromatic carbocycles. The van der Waals surface area contributed by atoms with Crippen LogP contribution in [-0.2, 0) is 24.1 Å². The lowest BCUT2D eigenvalue weighted by molar-refractivity contribution is -0.0717. The molecule has 11 heteroatoms. The van der Waals surface area contributed by atoms with Crippen LogP contribution in [0.1, 0.15) is 70.1 Å². The third kappa shape index (κ3) is 11.1. The molecule has 0 bridgehead atoms. The zero-order valence-electron chi connectivity index (χ0n) is 32.2. The summed E-state index contributed by atoms with van der Waals surface area (Å²) in [6, 6.07) is 25.8. The Labute approximate surface area is 320 Å². The minimum Gasteiger partial charge on any atom is -0.497 e. The molecule has 1 heterocycles. The van der Waals surface area contributed by atoms with Gasteiger partial charge in [-0.15, -0.1) is 0 Å². The van der Waals surface area contributed by atoms with Crippen molar-refractivity contribution in [1.29, 1.82) is 0 Å².